The lowest BCUT2D eigenvalue weighted by molar-refractivity contribution is -0.107. The molecule has 5 heteroatoms. The summed E-state index contributed by atoms with van der Waals surface area (Å²) in [6, 6.07) is 4.38. The van der Waals surface area contributed by atoms with Gasteiger partial charge < -0.3 is 4.74 Å². The smallest absolute Gasteiger partial charge is 0.0701 e. The summed E-state index contributed by atoms with van der Waals surface area (Å²) in [6.07, 6.45) is 6.49. The molecule has 0 saturated carbocycles. The number of rotatable bonds is 3. The van der Waals surface area contributed by atoms with Crippen molar-refractivity contribution < 1.29 is 4.74 Å². The highest BCUT2D eigenvalue weighted by atomic mass is 32.2. The Kier molecular flexibility index (Phi) is 4.84. The number of thioether (sulfide) groups is 1. The minimum atomic E-state index is 0.0986. The minimum absolute atomic E-state index is 0.0986. The van der Waals surface area contributed by atoms with Crippen molar-refractivity contribution in [2.45, 2.75) is 44.2 Å². The van der Waals surface area contributed by atoms with Crippen molar-refractivity contribution in [2.75, 3.05) is 18.1 Å². The number of nitrogens with two attached hydrogens (primary N) is 1. The fourth-order valence-electron chi connectivity index (χ4n) is 3.61. The number of nitrogens with one attached hydrogen (secondary N) is 1. The maximum absolute atomic E-state index is 6.19. The lowest BCUT2D eigenvalue weighted by Gasteiger charge is -2.45. The highest BCUT2D eigenvalue weighted by Crippen LogP contribution is 2.43. The molecule has 2 aliphatic heterocycles. The molecule has 1 spiro atoms. The summed E-state index contributed by atoms with van der Waals surface area (Å²) < 4.78 is 6.19. The van der Waals surface area contributed by atoms with Gasteiger partial charge in [0.2, 0.25) is 0 Å². The Labute approximate surface area is 131 Å². The van der Waals surface area contributed by atoms with E-state index in [0.717, 1.165) is 25.1 Å². The average molecular weight is 307 g/mol. The largest absolute Gasteiger partial charge is 0.375 e. The highest BCUT2D eigenvalue weighted by molar-refractivity contribution is 7.99. The van der Waals surface area contributed by atoms with Crippen LogP contribution in [-0.4, -0.2) is 28.7 Å². The molecule has 1 aromatic heterocycles. The molecule has 0 bridgehead atoms. The Morgan fingerprint density at radius 3 is 2.90 bits per heavy atom. The van der Waals surface area contributed by atoms with Crippen LogP contribution in [0.25, 0.3) is 0 Å². The van der Waals surface area contributed by atoms with E-state index < -0.39 is 0 Å². The van der Waals surface area contributed by atoms with Crippen molar-refractivity contribution in [1.29, 1.82) is 0 Å². The molecule has 3 rings (SSSR count). The molecule has 2 fully saturated rings. The van der Waals surface area contributed by atoms with Gasteiger partial charge in [-0.1, -0.05) is 6.07 Å². The fraction of sp³-hybridized carbons (Fsp3) is 0.688. The number of pyridine rings is 1. The van der Waals surface area contributed by atoms with Gasteiger partial charge in [-0.25, -0.2) is 0 Å². The Morgan fingerprint density at radius 2 is 2.24 bits per heavy atom. The van der Waals surface area contributed by atoms with E-state index in [1.165, 1.54) is 29.9 Å². The number of ether oxygens (including phenoxy) is 1. The monoisotopic (exact) mass is 307 g/mol. The van der Waals surface area contributed by atoms with Crippen LogP contribution in [0.5, 0.6) is 0 Å². The number of hydrogen-bond donors (Lipinski definition) is 2. The number of aryl methyl sites for hydroxylation is 1. The van der Waals surface area contributed by atoms with Crippen LogP contribution in [0.4, 0.5) is 0 Å². The Bertz CT molecular complexity index is 454. The molecule has 3 heterocycles. The van der Waals surface area contributed by atoms with Gasteiger partial charge in [0.25, 0.3) is 0 Å². The zero-order chi connectivity index (χ0) is 14.7. The van der Waals surface area contributed by atoms with Crippen LogP contribution in [-0.2, 0) is 4.74 Å². The Morgan fingerprint density at radius 1 is 1.43 bits per heavy atom. The number of aromatic nitrogens is 1. The van der Waals surface area contributed by atoms with Crippen LogP contribution in [0.15, 0.2) is 18.3 Å². The SMILES string of the molecule is Cc1ccc(C(NN)C2CCOC3(CCSCC3)C2)cn1. The van der Waals surface area contributed by atoms with E-state index in [2.05, 4.69) is 22.5 Å². The van der Waals surface area contributed by atoms with E-state index in [9.17, 15) is 0 Å². The maximum Gasteiger partial charge on any atom is 0.0701 e. The second kappa shape index (κ2) is 6.65. The number of nitrogens with zero attached hydrogens (tertiary/aromatic N) is 1. The summed E-state index contributed by atoms with van der Waals surface area (Å²) in [4.78, 5) is 4.42. The third-order valence-electron chi connectivity index (χ3n) is 4.88. The molecule has 2 unspecified atom stereocenters. The summed E-state index contributed by atoms with van der Waals surface area (Å²) in [5.41, 5.74) is 5.36. The zero-order valence-electron chi connectivity index (χ0n) is 12.7. The molecule has 116 valence electrons. The summed E-state index contributed by atoms with van der Waals surface area (Å²) >= 11 is 2.05. The topological polar surface area (TPSA) is 60.2 Å². The van der Waals surface area contributed by atoms with Crippen LogP contribution in [0.3, 0.4) is 0 Å². The van der Waals surface area contributed by atoms with E-state index in [0.29, 0.717) is 5.92 Å². The van der Waals surface area contributed by atoms with Gasteiger partial charge in [-0.3, -0.25) is 16.3 Å². The van der Waals surface area contributed by atoms with Gasteiger partial charge >= 0.3 is 0 Å². The van der Waals surface area contributed by atoms with Crippen molar-refractivity contribution in [2.24, 2.45) is 11.8 Å². The first-order valence-corrected chi connectivity index (χ1v) is 8.98. The van der Waals surface area contributed by atoms with E-state index in [1.54, 1.807) is 0 Å². The minimum Gasteiger partial charge on any atom is -0.375 e. The predicted octanol–water partition coefficient (Wildman–Crippen LogP) is 2.59. The number of hydrogen-bond acceptors (Lipinski definition) is 5. The van der Waals surface area contributed by atoms with Crippen LogP contribution >= 0.6 is 11.8 Å². The second-order valence-electron chi connectivity index (χ2n) is 6.27. The molecule has 0 amide bonds. The lowest BCUT2D eigenvalue weighted by Crippen LogP contribution is -2.46. The van der Waals surface area contributed by atoms with Crippen molar-refractivity contribution in [1.82, 2.24) is 10.4 Å². The van der Waals surface area contributed by atoms with Crippen LogP contribution in [0.2, 0.25) is 0 Å². The highest BCUT2D eigenvalue weighted by Gasteiger charge is 2.41. The molecule has 4 nitrogen and oxygen atoms in total. The first-order valence-electron chi connectivity index (χ1n) is 7.83. The van der Waals surface area contributed by atoms with Crippen molar-refractivity contribution in [3.8, 4) is 0 Å². The Balaban J connectivity index is 1.75. The predicted molar refractivity (Wildman–Crippen MR) is 87.0 cm³/mol. The molecule has 1 aromatic rings. The zero-order valence-corrected chi connectivity index (χ0v) is 13.5. The van der Waals surface area contributed by atoms with E-state index >= 15 is 0 Å². The van der Waals surface area contributed by atoms with E-state index in [1.807, 2.05) is 24.9 Å². The molecule has 21 heavy (non-hydrogen) atoms. The van der Waals surface area contributed by atoms with Gasteiger partial charge in [0, 0.05) is 18.5 Å². The molecule has 3 N–H and O–H groups in total. The van der Waals surface area contributed by atoms with Gasteiger partial charge in [0.05, 0.1) is 11.6 Å². The van der Waals surface area contributed by atoms with E-state index in [4.69, 9.17) is 10.6 Å². The molecule has 2 aliphatic rings. The second-order valence-corrected chi connectivity index (χ2v) is 7.50. The van der Waals surface area contributed by atoms with Gasteiger partial charge in [-0.05, 0) is 61.7 Å². The Hall–Kier alpha value is -0.620. The molecule has 0 aliphatic carbocycles. The average Bonchev–Trinajstić information content (AvgIpc) is 2.51. The summed E-state index contributed by atoms with van der Waals surface area (Å²) in [5, 5.41) is 0. The summed E-state index contributed by atoms with van der Waals surface area (Å²) in [5.74, 6) is 8.84. The molecule has 0 radical (unpaired) electrons. The molecule has 0 aromatic carbocycles. The standard InChI is InChI=1S/C16H25N3OS/c1-12-2-3-14(11-18-12)15(19-17)13-4-7-20-16(10-13)5-8-21-9-6-16/h2-3,11,13,15,19H,4-10,17H2,1H3. The molecular weight excluding hydrogens is 282 g/mol. The van der Waals surface area contributed by atoms with Crippen molar-refractivity contribution >= 4 is 11.8 Å². The quantitative estimate of drug-likeness (QED) is 0.664. The summed E-state index contributed by atoms with van der Waals surface area (Å²) in [6.45, 7) is 2.87. The van der Waals surface area contributed by atoms with Gasteiger partial charge in [0.1, 0.15) is 0 Å². The normalized spacial score (nSPS) is 26.7. The third-order valence-corrected chi connectivity index (χ3v) is 5.87. The van der Waals surface area contributed by atoms with Gasteiger partial charge in [-0.2, -0.15) is 11.8 Å². The maximum atomic E-state index is 6.19. The van der Waals surface area contributed by atoms with Crippen molar-refractivity contribution in [3.63, 3.8) is 0 Å². The first-order chi connectivity index (χ1) is 10.2. The lowest BCUT2D eigenvalue weighted by atomic mass is 9.77. The van der Waals surface area contributed by atoms with E-state index in [-0.39, 0.29) is 11.6 Å². The molecular formula is C16H25N3OS. The van der Waals surface area contributed by atoms with Crippen molar-refractivity contribution in [3.05, 3.63) is 29.6 Å². The van der Waals surface area contributed by atoms with Crippen LogP contribution in [0, 0.1) is 12.8 Å². The molecule has 2 atom stereocenters. The van der Waals surface area contributed by atoms with Gasteiger partial charge in [0.15, 0.2) is 0 Å². The molecule has 2 saturated heterocycles. The third kappa shape index (κ3) is 3.42. The van der Waals surface area contributed by atoms with Gasteiger partial charge in [-0.15, -0.1) is 0 Å². The first kappa shape index (κ1) is 15.3. The number of hydrazine groups is 1. The summed E-state index contributed by atoms with van der Waals surface area (Å²) in [7, 11) is 0. The fourth-order valence-corrected chi connectivity index (χ4v) is 4.85. The van der Waals surface area contributed by atoms with Crippen LogP contribution in [0.1, 0.15) is 43.0 Å². The van der Waals surface area contributed by atoms with Crippen LogP contribution < -0.4 is 11.3 Å².